The summed E-state index contributed by atoms with van der Waals surface area (Å²) < 4.78 is 5.05. The Balaban J connectivity index is 1.52. The zero-order valence-corrected chi connectivity index (χ0v) is 17.8. The lowest BCUT2D eigenvalue weighted by Crippen LogP contribution is -2.40. The quantitative estimate of drug-likeness (QED) is 0.475. The Hall–Kier alpha value is -4.00. The van der Waals surface area contributed by atoms with Crippen LogP contribution >= 0.6 is 0 Å². The van der Waals surface area contributed by atoms with Gasteiger partial charge in [0.1, 0.15) is 0 Å². The SMILES string of the molecule is CC[C@@H](C)NC(=O)COC(=O)c1ccc(N2C(=O)c3cccc4cccc(c34)C2=O)cc1. The molecule has 1 N–H and O–H groups in total. The molecule has 162 valence electrons. The molecule has 1 aliphatic heterocycles. The van der Waals surface area contributed by atoms with Crippen molar-refractivity contribution in [1.29, 1.82) is 0 Å². The summed E-state index contributed by atoms with van der Waals surface area (Å²) in [4.78, 5) is 51.3. The Labute approximate surface area is 185 Å². The summed E-state index contributed by atoms with van der Waals surface area (Å²) in [5.41, 5.74) is 1.46. The lowest BCUT2D eigenvalue weighted by Gasteiger charge is -2.27. The van der Waals surface area contributed by atoms with E-state index < -0.39 is 17.8 Å². The summed E-state index contributed by atoms with van der Waals surface area (Å²) >= 11 is 0. The highest BCUT2D eigenvalue weighted by Crippen LogP contribution is 2.32. The van der Waals surface area contributed by atoms with Crippen LogP contribution in [0.1, 0.15) is 51.3 Å². The molecule has 32 heavy (non-hydrogen) atoms. The predicted molar refractivity (Wildman–Crippen MR) is 120 cm³/mol. The van der Waals surface area contributed by atoms with Crippen molar-refractivity contribution in [3.8, 4) is 0 Å². The van der Waals surface area contributed by atoms with Crippen molar-refractivity contribution in [3.63, 3.8) is 0 Å². The van der Waals surface area contributed by atoms with Gasteiger partial charge in [0.2, 0.25) is 0 Å². The number of imide groups is 1. The zero-order chi connectivity index (χ0) is 22.8. The second kappa shape index (κ2) is 8.63. The highest BCUT2D eigenvalue weighted by molar-refractivity contribution is 6.35. The Morgan fingerprint density at radius 2 is 1.53 bits per heavy atom. The van der Waals surface area contributed by atoms with E-state index in [1.807, 2.05) is 26.0 Å². The average Bonchev–Trinajstić information content (AvgIpc) is 2.81. The van der Waals surface area contributed by atoms with Crippen molar-refractivity contribution in [1.82, 2.24) is 5.32 Å². The number of hydrogen-bond acceptors (Lipinski definition) is 5. The molecule has 0 aromatic heterocycles. The molecular formula is C25H22N2O5. The van der Waals surface area contributed by atoms with Gasteiger partial charge in [0.25, 0.3) is 17.7 Å². The fraction of sp³-hybridized carbons (Fsp3) is 0.200. The van der Waals surface area contributed by atoms with Crippen LogP contribution in [0.5, 0.6) is 0 Å². The minimum absolute atomic E-state index is 0.00363. The minimum atomic E-state index is -0.665. The van der Waals surface area contributed by atoms with Crippen LogP contribution in [0.4, 0.5) is 5.69 Å². The summed E-state index contributed by atoms with van der Waals surface area (Å²) in [5, 5.41) is 4.20. The van der Waals surface area contributed by atoms with Gasteiger partial charge in [-0.3, -0.25) is 14.4 Å². The number of esters is 1. The summed E-state index contributed by atoms with van der Waals surface area (Å²) in [6.07, 6.45) is 0.772. The lowest BCUT2D eigenvalue weighted by molar-refractivity contribution is -0.124. The lowest BCUT2D eigenvalue weighted by atomic mass is 9.94. The first-order valence-electron chi connectivity index (χ1n) is 10.4. The molecule has 3 aromatic carbocycles. The molecule has 0 unspecified atom stereocenters. The Kier molecular flexibility index (Phi) is 5.73. The number of carbonyl (C=O) groups is 4. The van der Waals surface area contributed by atoms with Gasteiger partial charge in [0, 0.05) is 22.6 Å². The first-order valence-corrected chi connectivity index (χ1v) is 10.4. The van der Waals surface area contributed by atoms with E-state index in [0.29, 0.717) is 22.2 Å². The molecule has 0 spiro atoms. The summed E-state index contributed by atoms with van der Waals surface area (Å²) in [7, 11) is 0. The van der Waals surface area contributed by atoms with Crippen LogP contribution in [0, 0.1) is 0 Å². The fourth-order valence-electron chi connectivity index (χ4n) is 3.64. The topological polar surface area (TPSA) is 92.8 Å². The molecule has 7 nitrogen and oxygen atoms in total. The van der Waals surface area contributed by atoms with Gasteiger partial charge < -0.3 is 10.1 Å². The van der Waals surface area contributed by atoms with Gasteiger partial charge in [-0.2, -0.15) is 0 Å². The van der Waals surface area contributed by atoms with E-state index in [4.69, 9.17) is 4.74 Å². The van der Waals surface area contributed by atoms with Crippen molar-refractivity contribution in [2.24, 2.45) is 0 Å². The molecule has 0 bridgehead atoms. The summed E-state index contributed by atoms with van der Waals surface area (Å²) in [5.74, 6) is -1.88. The van der Waals surface area contributed by atoms with E-state index in [0.717, 1.165) is 16.7 Å². The van der Waals surface area contributed by atoms with Crippen molar-refractivity contribution >= 4 is 40.2 Å². The van der Waals surface area contributed by atoms with E-state index >= 15 is 0 Å². The third-order valence-electron chi connectivity index (χ3n) is 5.49. The molecule has 0 fully saturated rings. The molecule has 7 heteroatoms. The van der Waals surface area contributed by atoms with Crippen LogP contribution in [0.25, 0.3) is 10.8 Å². The molecule has 4 rings (SSSR count). The number of amides is 3. The third-order valence-corrected chi connectivity index (χ3v) is 5.49. The summed E-state index contributed by atoms with van der Waals surface area (Å²) in [6, 6.07) is 16.6. The molecule has 3 amide bonds. The maximum Gasteiger partial charge on any atom is 0.338 e. The molecule has 0 saturated carbocycles. The van der Waals surface area contributed by atoms with Crippen molar-refractivity contribution in [2.75, 3.05) is 11.5 Å². The Morgan fingerprint density at radius 1 is 0.938 bits per heavy atom. The monoisotopic (exact) mass is 430 g/mol. The third kappa shape index (κ3) is 3.85. The predicted octanol–water partition coefficient (Wildman–Crippen LogP) is 3.71. The van der Waals surface area contributed by atoms with E-state index in [1.165, 1.54) is 24.3 Å². The van der Waals surface area contributed by atoms with Gasteiger partial charge in [-0.1, -0.05) is 31.2 Å². The fourth-order valence-corrected chi connectivity index (χ4v) is 3.64. The number of benzene rings is 3. The van der Waals surface area contributed by atoms with E-state index in [2.05, 4.69) is 5.32 Å². The number of nitrogens with zero attached hydrogens (tertiary/aromatic N) is 1. The normalized spacial score (nSPS) is 13.8. The largest absolute Gasteiger partial charge is 0.452 e. The van der Waals surface area contributed by atoms with Crippen LogP contribution in [0.3, 0.4) is 0 Å². The summed E-state index contributed by atoms with van der Waals surface area (Å²) in [6.45, 7) is 3.42. The van der Waals surface area contributed by atoms with Gasteiger partial charge in [-0.15, -0.1) is 0 Å². The smallest absolute Gasteiger partial charge is 0.338 e. The van der Waals surface area contributed by atoms with Gasteiger partial charge in [-0.25, -0.2) is 9.69 Å². The number of carbonyl (C=O) groups excluding carboxylic acids is 4. The highest BCUT2D eigenvalue weighted by atomic mass is 16.5. The van der Waals surface area contributed by atoms with Crippen molar-refractivity contribution < 1.29 is 23.9 Å². The van der Waals surface area contributed by atoms with E-state index in [1.54, 1.807) is 24.3 Å². The molecule has 0 saturated heterocycles. The maximum absolute atomic E-state index is 13.1. The van der Waals surface area contributed by atoms with Crippen molar-refractivity contribution in [3.05, 3.63) is 77.4 Å². The highest BCUT2D eigenvalue weighted by Gasteiger charge is 2.33. The van der Waals surface area contributed by atoms with E-state index in [9.17, 15) is 19.2 Å². The Bertz CT molecular complexity index is 1180. The number of ether oxygens (including phenoxy) is 1. The molecule has 1 heterocycles. The number of anilines is 1. The molecule has 3 aromatic rings. The van der Waals surface area contributed by atoms with Gasteiger partial charge in [0.15, 0.2) is 6.61 Å². The maximum atomic E-state index is 13.1. The number of nitrogens with one attached hydrogen (secondary N) is 1. The van der Waals surface area contributed by atoms with Crippen LogP contribution in [0.2, 0.25) is 0 Å². The molecule has 0 radical (unpaired) electrons. The van der Waals surface area contributed by atoms with Gasteiger partial charge >= 0.3 is 5.97 Å². The van der Waals surface area contributed by atoms with Crippen LogP contribution < -0.4 is 10.2 Å². The van der Waals surface area contributed by atoms with Crippen LogP contribution in [0.15, 0.2) is 60.7 Å². The van der Waals surface area contributed by atoms with Crippen molar-refractivity contribution in [2.45, 2.75) is 26.3 Å². The molecule has 1 atom stereocenters. The van der Waals surface area contributed by atoms with Gasteiger partial charge in [0.05, 0.1) is 11.3 Å². The second-order valence-corrected chi connectivity index (χ2v) is 7.65. The first kappa shape index (κ1) is 21.2. The second-order valence-electron chi connectivity index (χ2n) is 7.65. The first-order chi connectivity index (χ1) is 15.4. The average molecular weight is 430 g/mol. The van der Waals surface area contributed by atoms with Crippen LogP contribution in [-0.2, 0) is 9.53 Å². The number of hydrogen-bond donors (Lipinski definition) is 1. The van der Waals surface area contributed by atoms with Gasteiger partial charge in [-0.05, 0) is 55.1 Å². The Morgan fingerprint density at radius 3 is 2.09 bits per heavy atom. The zero-order valence-electron chi connectivity index (χ0n) is 17.8. The standard InChI is InChI=1S/C25H22N2O5/c1-3-15(2)26-21(28)14-32-25(31)17-10-12-18(13-11-17)27-23(29)19-8-4-6-16-7-5-9-20(22(16)19)24(27)30/h4-13,15H,3,14H2,1-2H3,(H,26,28)/t15-/m1/s1. The molecule has 1 aliphatic rings. The number of rotatable bonds is 6. The molecule has 0 aliphatic carbocycles. The van der Waals surface area contributed by atoms with E-state index in [-0.39, 0.29) is 24.1 Å². The van der Waals surface area contributed by atoms with Crippen LogP contribution in [-0.4, -0.2) is 36.3 Å². The molecular weight excluding hydrogens is 408 g/mol. The minimum Gasteiger partial charge on any atom is -0.452 e.